The van der Waals surface area contributed by atoms with Gasteiger partial charge in [0.25, 0.3) is 5.56 Å². The fraction of sp³-hybridized carbons (Fsp3) is 0.333. The van der Waals surface area contributed by atoms with Gasteiger partial charge in [0.2, 0.25) is 0 Å². The van der Waals surface area contributed by atoms with E-state index in [0.29, 0.717) is 10.5 Å². The number of rotatable bonds is 5. The maximum absolute atomic E-state index is 12.8. The van der Waals surface area contributed by atoms with Gasteiger partial charge in [-0.05, 0) is 5.56 Å². The zero-order valence-corrected chi connectivity index (χ0v) is 15.9. The Bertz CT molecular complexity index is 949. The van der Waals surface area contributed by atoms with Crippen LogP contribution < -0.4 is 11.4 Å². The van der Waals surface area contributed by atoms with Crippen molar-refractivity contribution in [2.75, 3.05) is 44.4 Å². The van der Waals surface area contributed by atoms with Crippen molar-refractivity contribution in [1.29, 1.82) is 0 Å². The predicted molar refractivity (Wildman–Crippen MR) is 107 cm³/mol. The molecule has 1 aromatic carbocycles. The van der Waals surface area contributed by atoms with Gasteiger partial charge in [-0.2, -0.15) is 0 Å². The van der Waals surface area contributed by atoms with Crippen LogP contribution >= 0.6 is 23.1 Å². The number of nitrogen functional groups attached to an aromatic ring is 1. The second kappa shape index (κ2) is 7.79. The molecular weight excluding hydrogens is 368 g/mol. The van der Waals surface area contributed by atoms with Gasteiger partial charge >= 0.3 is 0 Å². The summed E-state index contributed by atoms with van der Waals surface area (Å²) in [5.74, 6) is 6.91. The van der Waals surface area contributed by atoms with Crippen LogP contribution in [0.2, 0.25) is 0 Å². The van der Waals surface area contributed by atoms with Crippen LogP contribution in [-0.4, -0.2) is 53.2 Å². The quantitative estimate of drug-likeness (QED) is 0.411. The second-order valence-electron chi connectivity index (χ2n) is 6.07. The highest BCUT2D eigenvalue weighted by atomic mass is 32.2. The summed E-state index contributed by atoms with van der Waals surface area (Å²) >= 11 is 3.01. The first-order valence-corrected chi connectivity index (χ1v) is 10.4. The number of nitrogens with two attached hydrogens (primary N) is 1. The van der Waals surface area contributed by atoms with Crippen LogP contribution in [0.15, 0.2) is 45.7 Å². The Morgan fingerprint density at radius 1 is 1.23 bits per heavy atom. The zero-order chi connectivity index (χ0) is 17.9. The number of hydrogen-bond donors (Lipinski definition) is 1. The van der Waals surface area contributed by atoms with Crippen LogP contribution in [0.5, 0.6) is 0 Å². The average molecular weight is 389 g/mol. The lowest BCUT2D eigenvalue weighted by Gasteiger charge is -2.26. The number of thioether (sulfide) groups is 1. The highest BCUT2D eigenvalue weighted by molar-refractivity contribution is 7.99. The summed E-state index contributed by atoms with van der Waals surface area (Å²) in [5.41, 5.74) is 1.71. The topological polar surface area (TPSA) is 73.4 Å². The minimum Gasteiger partial charge on any atom is -0.379 e. The Morgan fingerprint density at radius 3 is 2.77 bits per heavy atom. The number of aromatic nitrogens is 2. The van der Waals surface area contributed by atoms with Crippen LogP contribution in [-0.2, 0) is 4.74 Å². The Labute approximate surface area is 159 Å². The molecule has 6 nitrogen and oxygen atoms in total. The van der Waals surface area contributed by atoms with E-state index in [1.807, 2.05) is 35.7 Å². The van der Waals surface area contributed by atoms with Gasteiger partial charge in [-0.1, -0.05) is 42.1 Å². The predicted octanol–water partition coefficient (Wildman–Crippen LogP) is 2.26. The Balaban J connectivity index is 1.57. The number of thiophene rings is 1. The van der Waals surface area contributed by atoms with Crippen LogP contribution in [0.3, 0.4) is 0 Å². The minimum absolute atomic E-state index is 0.191. The van der Waals surface area contributed by atoms with Crippen molar-refractivity contribution < 1.29 is 4.74 Å². The van der Waals surface area contributed by atoms with Crippen molar-refractivity contribution in [1.82, 2.24) is 14.6 Å². The van der Waals surface area contributed by atoms with Crippen molar-refractivity contribution >= 4 is 33.3 Å². The van der Waals surface area contributed by atoms with Crippen molar-refractivity contribution in [3.05, 3.63) is 46.1 Å². The zero-order valence-electron chi connectivity index (χ0n) is 14.3. The van der Waals surface area contributed by atoms with Crippen molar-refractivity contribution in [3.63, 3.8) is 0 Å². The highest BCUT2D eigenvalue weighted by Crippen LogP contribution is 2.31. The van der Waals surface area contributed by atoms with Gasteiger partial charge in [0.15, 0.2) is 5.16 Å². The summed E-state index contributed by atoms with van der Waals surface area (Å²) in [6.45, 7) is 4.41. The summed E-state index contributed by atoms with van der Waals surface area (Å²) in [5, 5.41) is 3.15. The fourth-order valence-corrected chi connectivity index (χ4v) is 4.91. The molecule has 0 unspecified atom stereocenters. The molecule has 0 atom stereocenters. The summed E-state index contributed by atoms with van der Waals surface area (Å²) < 4.78 is 6.55. The molecule has 136 valence electrons. The van der Waals surface area contributed by atoms with Crippen molar-refractivity contribution in [3.8, 4) is 11.1 Å². The number of ether oxygens (including phenoxy) is 1. The maximum atomic E-state index is 12.8. The SMILES string of the molecule is Nn1c(SCCN2CCOCC2)nc2scc(-c3ccccc3)c2c1=O. The fourth-order valence-electron chi connectivity index (χ4n) is 3.01. The van der Waals surface area contributed by atoms with E-state index >= 15 is 0 Å². The van der Waals surface area contributed by atoms with E-state index in [1.165, 1.54) is 27.8 Å². The summed E-state index contributed by atoms with van der Waals surface area (Å²) in [6, 6.07) is 9.87. The van der Waals surface area contributed by atoms with E-state index in [0.717, 1.165) is 54.6 Å². The highest BCUT2D eigenvalue weighted by Gasteiger charge is 2.17. The largest absolute Gasteiger partial charge is 0.379 e. The third-order valence-corrected chi connectivity index (χ3v) is 6.24. The van der Waals surface area contributed by atoms with Gasteiger partial charge in [-0.15, -0.1) is 11.3 Å². The molecule has 0 amide bonds. The molecule has 0 bridgehead atoms. The lowest BCUT2D eigenvalue weighted by Crippen LogP contribution is -2.37. The molecule has 3 aromatic rings. The number of hydrogen-bond acceptors (Lipinski definition) is 7. The molecule has 1 fully saturated rings. The van der Waals surface area contributed by atoms with E-state index in [9.17, 15) is 4.79 Å². The first-order valence-electron chi connectivity index (χ1n) is 8.51. The molecule has 26 heavy (non-hydrogen) atoms. The minimum atomic E-state index is -0.191. The lowest BCUT2D eigenvalue weighted by atomic mass is 10.1. The van der Waals surface area contributed by atoms with Crippen molar-refractivity contribution in [2.24, 2.45) is 0 Å². The van der Waals surface area contributed by atoms with E-state index in [2.05, 4.69) is 9.88 Å². The van der Waals surface area contributed by atoms with E-state index in [4.69, 9.17) is 10.6 Å². The van der Waals surface area contributed by atoms with Gasteiger partial charge in [-0.3, -0.25) is 9.69 Å². The molecule has 0 aliphatic carbocycles. The maximum Gasteiger partial charge on any atom is 0.282 e. The van der Waals surface area contributed by atoms with Crippen LogP contribution in [0.4, 0.5) is 0 Å². The first-order chi connectivity index (χ1) is 12.7. The molecule has 2 aromatic heterocycles. The molecule has 2 N–H and O–H groups in total. The van der Waals surface area contributed by atoms with E-state index in [1.54, 1.807) is 0 Å². The summed E-state index contributed by atoms with van der Waals surface area (Å²) in [4.78, 5) is 20.6. The van der Waals surface area contributed by atoms with Crippen molar-refractivity contribution in [2.45, 2.75) is 5.16 Å². The van der Waals surface area contributed by atoms with E-state index < -0.39 is 0 Å². The van der Waals surface area contributed by atoms with Gasteiger partial charge in [0.05, 0.1) is 18.6 Å². The van der Waals surface area contributed by atoms with Gasteiger partial charge in [-0.25, -0.2) is 9.66 Å². The molecule has 0 spiro atoms. The standard InChI is InChI=1S/C18H20N4O2S2/c19-22-17(23)15-14(13-4-2-1-3-5-13)12-26-16(15)20-18(22)25-11-8-21-6-9-24-10-7-21/h1-5,12H,6-11,19H2. The second-order valence-corrected chi connectivity index (χ2v) is 7.99. The first kappa shape index (κ1) is 17.5. The molecule has 0 radical (unpaired) electrons. The third kappa shape index (κ3) is 3.50. The van der Waals surface area contributed by atoms with Crippen LogP contribution in [0, 0.1) is 0 Å². The third-order valence-electron chi connectivity index (χ3n) is 4.43. The van der Waals surface area contributed by atoms with E-state index in [-0.39, 0.29) is 5.56 Å². The summed E-state index contributed by atoms with van der Waals surface area (Å²) in [6.07, 6.45) is 0. The molecule has 8 heteroatoms. The van der Waals surface area contributed by atoms with Crippen LogP contribution in [0.1, 0.15) is 0 Å². The summed E-state index contributed by atoms with van der Waals surface area (Å²) in [7, 11) is 0. The normalized spacial score (nSPS) is 15.5. The number of fused-ring (bicyclic) bond motifs is 1. The van der Waals surface area contributed by atoms with Crippen LogP contribution in [0.25, 0.3) is 21.3 Å². The molecule has 1 saturated heterocycles. The van der Waals surface area contributed by atoms with Gasteiger partial charge < -0.3 is 10.6 Å². The molecule has 3 heterocycles. The lowest BCUT2D eigenvalue weighted by molar-refractivity contribution is 0.0410. The Kier molecular flexibility index (Phi) is 5.26. The van der Waals surface area contributed by atoms with Gasteiger partial charge in [0, 0.05) is 36.3 Å². The number of benzene rings is 1. The Hall–Kier alpha value is -1.87. The molecule has 0 saturated carbocycles. The Morgan fingerprint density at radius 2 is 2.00 bits per heavy atom. The monoisotopic (exact) mass is 388 g/mol. The number of nitrogens with zero attached hydrogens (tertiary/aromatic N) is 3. The number of morpholine rings is 1. The molecule has 1 aliphatic heterocycles. The smallest absolute Gasteiger partial charge is 0.282 e. The molecular formula is C18H20N4O2S2. The van der Waals surface area contributed by atoms with Gasteiger partial charge in [0.1, 0.15) is 4.83 Å². The average Bonchev–Trinajstić information content (AvgIpc) is 3.11. The molecule has 4 rings (SSSR count). The molecule has 1 aliphatic rings.